The van der Waals surface area contributed by atoms with E-state index >= 15 is 0 Å². The Hall–Kier alpha value is -0.860. The van der Waals surface area contributed by atoms with Crippen molar-refractivity contribution in [2.75, 3.05) is 7.05 Å². The van der Waals surface area contributed by atoms with E-state index in [0.717, 1.165) is 0 Å². The van der Waals surface area contributed by atoms with E-state index < -0.39 is 0 Å². The normalized spacial score (nSPS) is 8.89. The van der Waals surface area contributed by atoms with Crippen LogP contribution in [0.5, 0.6) is 0 Å². The topological polar surface area (TPSA) is 62.2 Å². The van der Waals surface area contributed by atoms with Gasteiger partial charge in [-0.3, -0.25) is 4.99 Å². The van der Waals surface area contributed by atoms with Crippen molar-refractivity contribution in [1.82, 2.24) is 0 Å². The standard InChI is InChI=1S/C4H9N.C2H6N2/c1-4(2)3-5;1-4-2-3/h3-5H,1-2H3;2H,1H3,(H2,3,4). The predicted molar refractivity (Wildman–Crippen MR) is 42.2 cm³/mol. The monoisotopic (exact) mass is 129 g/mol. The van der Waals surface area contributed by atoms with Gasteiger partial charge in [0.15, 0.2) is 0 Å². The van der Waals surface area contributed by atoms with Gasteiger partial charge in [0.2, 0.25) is 0 Å². The summed E-state index contributed by atoms with van der Waals surface area (Å²) in [5.74, 6) is 0.426. The lowest BCUT2D eigenvalue weighted by Crippen LogP contribution is -1.84. The van der Waals surface area contributed by atoms with Crippen LogP contribution in [0, 0.1) is 11.3 Å². The summed E-state index contributed by atoms with van der Waals surface area (Å²) in [5.41, 5.74) is 4.74. The number of nitrogens with two attached hydrogens (primary N) is 1. The first-order valence-corrected chi connectivity index (χ1v) is 2.82. The Morgan fingerprint density at radius 1 is 1.56 bits per heavy atom. The van der Waals surface area contributed by atoms with Gasteiger partial charge in [-0.1, -0.05) is 13.8 Å². The molecule has 0 unspecified atom stereocenters. The maximum Gasteiger partial charge on any atom is 0.0794 e. The van der Waals surface area contributed by atoms with Crippen LogP contribution in [-0.2, 0) is 0 Å². The molecule has 0 atom stereocenters. The first kappa shape index (κ1) is 11.0. The molecule has 9 heavy (non-hydrogen) atoms. The molecule has 3 nitrogen and oxygen atoms in total. The van der Waals surface area contributed by atoms with Gasteiger partial charge < -0.3 is 11.1 Å². The van der Waals surface area contributed by atoms with E-state index in [2.05, 4.69) is 4.99 Å². The third kappa shape index (κ3) is 41.2. The van der Waals surface area contributed by atoms with Crippen LogP contribution in [0.1, 0.15) is 13.8 Å². The number of hydrogen-bond donors (Lipinski definition) is 2. The molecule has 54 valence electrons. The molecule has 0 aliphatic rings. The van der Waals surface area contributed by atoms with Gasteiger partial charge in [0.1, 0.15) is 0 Å². The third-order valence-electron chi connectivity index (χ3n) is 0.482. The predicted octanol–water partition coefficient (Wildman–Crippen LogP) is 0.895. The highest BCUT2D eigenvalue weighted by atomic mass is 14.7. The first-order valence-electron chi connectivity index (χ1n) is 2.82. The van der Waals surface area contributed by atoms with Gasteiger partial charge in [-0.15, -0.1) is 0 Å². The van der Waals surface area contributed by atoms with Crippen LogP contribution in [0.3, 0.4) is 0 Å². The van der Waals surface area contributed by atoms with E-state index in [4.69, 9.17) is 11.1 Å². The molecule has 0 radical (unpaired) electrons. The Labute approximate surface area is 56.5 Å². The minimum atomic E-state index is 0.426. The van der Waals surface area contributed by atoms with Gasteiger partial charge >= 0.3 is 0 Å². The van der Waals surface area contributed by atoms with Crippen molar-refractivity contribution in [3.63, 3.8) is 0 Å². The van der Waals surface area contributed by atoms with E-state index in [1.54, 1.807) is 7.05 Å². The van der Waals surface area contributed by atoms with Gasteiger partial charge in [-0.05, 0) is 12.1 Å². The van der Waals surface area contributed by atoms with Gasteiger partial charge in [-0.25, -0.2) is 0 Å². The number of hydrogen-bond acceptors (Lipinski definition) is 2. The fourth-order valence-electron chi connectivity index (χ4n) is 0. The zero-order valence-corrected chi connectivity index (χ0v) is 6.26. The second-order valence-electron chi connectivity index (χ2n) is 1.82. The SMILES string of the molecule is CC(C)C=N.CN=CN. The zero-order valence-electron chi connectivity index (χ0n) is 6.26. The fourth-order valence-corrected chi connectivity index (χ4v) is 0. The van der Waals surface area contributed by atoms with Gasteiger partial charge in [0, 0.05) is 7.05 Å². The minimum absolute atomic E-state index is 0.426. The largest absolute Gasteiger partial charge is 0.390 e. The average Bonchev–Trinajstić information content (AvgIpc) is 1.89. The summed E-state index contributed by atoms with van der Waals surface area (Å²) in [6.07, 6.45) is 2.67. The minimum Gasteiger partial charge on any atom is -0.390 e. The summed E-state index contributed by atoms with van der Waals surface area (Å²) in [5, 5.41) is 6.53. The smallest absolute Gasteiger partial charge is 0.0794 e. The Kier molecular flexibility index (Phi) is 12.5. The quantitative estimate of drug-likeness (QED) is 0.401. The van der Waals surface area contributed by atoms with Crippen molar-refractivity contribution in [2.24, 2.45) is 16.6 Å². The van der Waals surface area contributed by atoms with Gasteiger partial charge in [-0.2, -0.15) is 0 Å². The van der Waals surface area contributed by atoms with Gasteiger partial charge in [0.05, 0.1) is 6.34 Å². The fraction of sp³-hybridized carbons (Fsp3) is 0.667. The van der Waals surface area contributed by atoms with Crippen molar-refractivity contribution in [3.05, 3.63) is 0 Å². The molecule has 0 aromatic rings. The summed E-state index contributed by atoms with van der Waals surface area (Å²) in [6, 6.07) is 0. The highest BCUT2D eigenvalue weighted by Gasteiger charge is 1.75. The van der Waals surface area contributed by atoms with Crippen molar-refractivity contribution in [1.29, 1.82) is 5.41 Å². The molecule has 0 saturated carbocycles. The molecule has 0 aromatic heterocycles. The van der Waals surface area contributed by atoms with Crippen LogP contribution < -0.4 is 5.73 Å². The van der Waals surface area contributed by atoms with Crippen molar-refractivity contribution in [3.8, 4) is 0 Å². The van der Waals surface area contributed by atoms with E-state index in [9.17, 15) is 0 Å². The average molecular weight is 129 g/mol. The lowest BCUT2D eigenvalue weighted by molar-refractivity contribution is 0.902. The molecule has 0 rings (SSSR count). The molecular formula is C6H15N3. The van der Waals surface area contributed by atoms with Crippen LogP contribution >= 0.6 is 0 Å². The number of aliphatic imine (C=N–C) groups is 1. The molecule has 3 N–H and O–H groups in total. The van der Waals surface area contributed by atoms with Crippen molar-refractivity contribution < 1.29 is 0 Å². The van der Waals surface area contributed by atoms with Crippen LogP contribution in [0.25, 0.3) is 0 Å². The number of nitrogens with one attached hydrogen (secondary N) is 1. The first-order chi connectivity index (χ1) is 4.18. The Balaban J connectivity index is 0. The van der Waals surface area contributed by atoms with E-state index in [0.29, 0.717) is 5.92 Å². The van der Waals surface area contributed by atoms with Crippen LogP contribution in [0.15, 0.2) is 4.99 Å². The van der Waals surface area contributed by atoms with Crippen LogP contribution in [0.2, 0.25) is 0 Å². The van der Waals surface area contributed by atoms with E-state index in [-0.39, 0.29) is 0 Å². The third-order valence-corrected chi connectivity index (χ3v) is 0.482. The Morgan fingerprint density at radius 2 is 1.78 bits per heavy atom. The molecule has 0 heterocycles. The molecule has 0 aromatic carbocycles. The second kappa shape index (κ2) is 10.2. The molecule has 0 amide bonds. The molecule has 3 heteroatoms. The maximum absolute atomic E-state index is 6.53. The Morgan fingerprint density at radius 3 is 1.78 bits per heavy atom. The van der Waals surface area contributed by atoms with E-state index in [1.807, 2.05) is 13.8 Å². The van der Waals surface area contributed by atoms with Crippen molar-refractivity contribution in [2.45, 2.75) is 13.8 Å². The summed E-state index contributed by atoms with van der Waals surface area (Å²) in [4.78, 5) is 3.39. The number of rotatable bonds is 1. The number of nitrogens with zero attached hydrogens (tertiary/aromatic N) is 1. The highest BCUT2D eigenvalue weighted by Crippen LogP contribution is 1.79. The second-order valence-corrected chi connectivity index (χ2v) is 1.82. The summed E-state index contributed by atoms with van der Waals surface area (Å²) in [6.45, 7) is 3.96. The molecule has 0 spiro atoms. The summed E-state index contributed by atoms with van der Waals surface area (Å²) < 4.78 is 0. The molecule has 0 aliphatic heterocycles. The van der Waals surface area contributed by atoms with Crippen LogP contribution in [-0.4, -0.2) is 19.6 Å². The highest BCUT2D eigenvalue weighted by molar-refractivity contribution is 5.55. The summed E-state index contributed by atoms with van der Waals surface area (Å²) >= 11 is 0. The zero-order chi connectivity index (χ0) is 7.70. The lowest BCUT2D eigenvalue weighted by Gasteiger charge is -1.82. The summed E-state index contributed by atoms with van der Waals surface area (Å²) in [7, 11) is 1.62. The van der Waals surface area contributed by atoms with Gasteiger partial charge in [0.25, 0.3) is 0 Å². The molecule has 0 bridgehead atoms. The molecular weight excluding hydrogens is 114 g/mol. The molecule has 0 fully saturated rings. The Bertz CT molecular complexity index is 72.4. The van der Waals surface area contributed by atoms with Crippen molar-refractivity contribution >= 4 is 12.6 Å². The maximum atomic E-state index is 6.53. The van der Waals surface area contributed by atoms with E-state index in [1.165, 1.54) is 12.6 Å². The lowest BCUT2D eigenvalue weighted by atomic mass is 10.3. The molecule has 0 aliphatic carbocycles. The van der Waals surface area contributed by atoms with Crippen LogP contribution in [0.4, 0.5) is 0 Å². The molecule has 0 saturated heterocycles.